The zero-order valence-corrected chi connectivity index (χ0v) is 23.3. The Balaban J connectivity index is 1.28. The third-order valence-electron chi connectivity index (χ3n) is 6.69. The Morgan fingerprint density at radius 3 is 2.38 bits per heavy atom. The van der Waals surface area contributed by atoms with Gasteiger partial charge in [-0.3, -0.25) is 19.4 Å². The van der Waals surface area contributed by atoms with Gasteiger partial charge >= 0.3 is 0 Å². The van der Waals surface area contributed by atoms with Crippen molar-refractivity contribution in [3.8, 4) is 0 Å². The highest BCUT2D eigenvalue weighted by Crippen LogP contribution is 2.26. The lowest BCUT2D eigenvalue weighted by Gasteiger charge is -2.35. The molecule has 1 fully saturated rings. The fraction of sp³-hybridized carbons (Fsp3) is 0.214. The number of hydrogen-bond donors (Lipinski definition) is 2. The van der Waals surface area contributed by atoms with Crippen LogP contribution < -0.4 is 10.5 Å². The molecule has 4 aromatic rings. The maximum atomic E-state index is 13.3. The van der Waals surface area contributed by atoms with E-state index in [-0.39, 0.29) is 17.3 Å². The molecule has 1 aliphatic rings. The lowest BCUT2D eigenvalue weighted by molar-refractivity contribution is 0.0628. The lowest BCUT2D eigenvalue weighted by Crippen LogP contribution is -2.48. The maximum absolute atomic E-state index is 13.3. The molecule has 0 bridgehead atoms. The van der Waals surface area contributed by atoms with Gasteiger partial charge in [0.1, 0.15) is 4.90 Å². The third kappa shape index (κ3) is 6.18. The van der Waals surface area contributed by atoms with Gasteiger partial charge in [-0.05, 0) is 59.7 Å². The number of halogens is 2. The highest BCUT2D eigenvalue weighted by molar-refractivity contribution is 7.93. The number of carbonyl (C=O) groups is 1. The van der Waals surface area contributed by atoms with Gasteiger partial charge < -0.3 is 10.6 Å². The summed E-state index contributed by atoms with van der Waals surface area (Å²) in [5.41, 5.74) is 8.67. The van der Waals surface area contributed by atoms with E-state index in [4.69, 9.17) is 28.9 Å². The number of piperazine rings is 1. The van der Waals surface area contributed by atoms with E-state index in [9.17, 15) is 13.2 Å². The number of nitrogens with one attached hydrogen (secondary N) is 1. The van der Waals surface area contributed by atoms with E-state index in [1.54, 1.807) is 59.6 Å². The quantitative estimate of drug-likeness (QED) is 0.325. The van der Waals surface area contributed by atoms with E-state index < -0.39 is 10.0 Å². The summed E-state index contributed by atoms with van der Waals surface area (Å²) in [5.74, 6) is -0.122. The molecule has 5 rings (SSSR count). The van der Waals surface area contributed by atoms with Gasteiger partial charge in [0.2, 0.25) is 0 Å². The number of nitrogens with two attached hydrogens (primary N) is 1. The highest BCUT2D eigenvalue weighted by atomic mass is 35.5. The molecular formula is C28H27Cl2N5O3S. The maximum Gasteiger partial charge on any atom is 0.264 e. The van der Waals surface area contributed by atoms with Crippen LogP contribution in [0.5, 0.6) is 0 Å². The van der Waals surface area contributed by atoms with Crippen LogP contribution in [0.3, 0.4) is 0 Å². The van der Waals surface area contributed by atoms with Gasteiger partial charge in [-0.25, -0.2) is 8.42 Å². The van der Waals surface area contributed by atoms with Crippen LogP contribution in [-0.4, -0.2) is 55.3 Å². The van der Waals surface area contributed by atoms with Gasteiger partial charge in [-0.1, -0.05) is 41.4 Å². The fourth-order valence-electron chi connectivity index (χ4n) is 4.74. The molecule has 1 aromatic heterocycles. The van der Waals surface area contributed by atoms with Crippen molar-refractivity contribution in [2.75, 3.05) is 30.9 Å². The Bertz CT molecular complexity index is 1610. The number of fused-ring (bicyclic) bond motifs is 1. The first-order valence-electron chi connectivity index (χ1n) is 12.4. The van der Waals surface area contributed by atoms with Crippen molar-refractivity contribution in [2.24, 2.45) is 5.73 Å². The van der Waals surface area contributed by atoms with E-state index in [0.29, 0.717) is 65.1 Å². The Morgan fingerprint density at radius 2 is 1.67 bits per heavy atom. The summed E-state index contributed by atoms with van der Waals surface area (Å²) in [6.45, 7) is 3.29. The molecule has 2 heterocycles. The lowest BCUT2D eigenvalue weighted by atomic mass is 10.1. The van der Waals surface area contributed by atoms with Crippen LogP contribution >= 0.6 is 23.2 Å². The van der Waals surface area contributed by atoms with Crippen molar-refractivity contribution < 1.29 is 13.2 Å². The summed E-state index contributed by atoms with van der Waals surface area (Å²) in [7, 11) is -3.95. The fourth-order valence-corrected chi connectivity index (χ4v) is 6.59. The SMILES string of the molecule is NCc1cc(C(=O)N2CCN(Cc3cc(Cl)cc(Cl)c3)CC2)ccc1NS(=O)(=O)c1cccc2cccnc12. The molecule has 39 heavy (non-hydrogen) atoms. The molecule has 1 saturated heterocycles. The van der Waals surface area contributed by atoms with Gasteiger partial charge in [0.15, 0.2) is 0 Å². The summed E-state index contributed by atoms with van der Waals surface area (Å²) in [6.07, 6.45) is 1.56. The van der Waals surface area contributed by atoms with E-state index in [1.807, 2.05) is 12.1 Å². The molecule has 1 aliphatic heterocycles. The normalized spacial score (nSPS) is 14.5. The number of benzene rings is 3. The number of carbonyl (C=O) groups excluding carboxylic acids is 1. The first-order valence-corrected chi connectivity index (χ1v) is 14.6. The molecule has 0 unspecified atom stereocenters. The van der Waals surface area contributed by atoms with Crippen molar-refractivity contribution in [1.82, 2.24) is 14.8 Å². The monoisotopic (exact) mass is 583 g/mol. The average molecular weight is 585 g/mol. The van der Waals surface area contributed by atoms with Crippen LogP contribution in [-0.2, 0) is 23.1 Å². The first-order chi connectivity index (χ1) is 18.7. The van der Waals surface area contributed by atoms with E-state index >= 15 is 0 Å². The molecular weight excluding hydrogens is 557 g/mol. The highest BCUT2D eigenvalue weighted by Gasteiger charge is 2.24. The second kappa shape index (κ2) is 11.5. The second-order valence-electron chi connectivity index (χ2n) is 9.36. The predicted octanol–water partition coefficient (Wildman–Crippen LogP) is 4.76. The molecule has 0 atom stereocenters. The van der Waals surface area contributed by atoms with Gasteiger partial charge in [-0.2, -0.15) is 0 Å². The summed E-state index contributed by atoms with van der Waals surface area (Å²) in [6, 6.07) is 18.9. The molecule has 0 saturated carbocycles. The number of sulfonamides is 1. The molecule has 3 aromatic carbocycles. The topological polar surface area (TPSA) is 109 Å². The smallest absolute Gasteiger partial charge is 0.264 e. The van der Waals surface area contributed by atoms with Gasteiger partial charge in [0, 0.05) is 66.5 Å². The van der Waals surface area contributed by atoms with Crippen molar-refractivity contribution in [1.29, 1.82) is 0 Å². The summed E-state index contributed by atoms with van der Waals surface area (Å²) in [4.78, 5) is 21.6. The zero-order valence-electron chi connectivity index (χ0n) is 21.0. The molecule has 0 radical (unpaired) electrons. The second-order valence-corrected chi connectivity index (χ2v) is 11.9. The van der Waals surface area contributed by atoms with Crippen LogP contribution in [0.15, 0.2) is 77.8 Å². The number of aromatic nitrogens is 1. The van der Waals surface area contributed by atoms with Crippen molar-refractivity contribution in [3.63, 3.8) is 0 Å². The van der Waals surface area contributed by atoms with Gasteiger partial charge in [0.25, 0.3) is 15.9 Å². The van der Waals surface area contributed by atoms with Gasteiger partial charge in [-0.15, -0.1) is 0 Å². The van der Waals surface area contributed by atoms with Crippen molar-refractivity contribution in [2.45, 2.75) is 18.0 Å². The largest absolute Gasteiger partial charge is 0.336 e. The molecule has 202 valence electrons. The van der Waals surface area contributed by atoms with Crippen LogP contribution in [0, 0.1) is 0 Å². The number of nitrogens with zero attached hydrogens (tertiary/aromatic N) is 3. The molecule has 8 nitrogen and oxygen atoms in total. The van der Waals surface area contributed by atoms with Crippen LogP contribution in [0.1, 0.15) is 21.5 Å². The van der Waals surface area contributed by atoms with Gasteiger partial charge in [0.05, 0.1) is 11.2 Å². The molecule has 11 heteroatoms. The van der Waals surface area contributed by atoms with Crippen LogP contribution in [0.25, 0.3) is 10.9 Å². The molecule has 1 amide bonds. The average Bonchev–Trinajstić information content (AvgIpc) is 2.92. The molecule has 3 N–H and O–H groups in total. The van der Waals surface area contributed by atoms with E-state index in [2.05, 4.69) is 14.6 Å². The predicted molar refractivity (Wildman–Crippen MR) is 155 cm³/mol. The van der Waals surface area contributed by atoms with E-state index in [0.717, 1.165) is 10.9 Å². The number of para-hydroxylation sites is 1. The van der Waals surface area contributed by atoms with Crippen LogP contribution in [0.2, 0.25) is 10.0 Å². The Kier molecular flexibility index (Phi) is 8.06. The zero-order chi connectivity index (χ0) is 27.6. The number of anilines is 1. The van der Waals surface area contributed by atoms with Crippen LogP contribution in [0.4, 0.5) is 5.69 Å². The molecule has 0 aliphatic carbocycles. The summed E-state index contributed by atoms with van der Waals surface area (Å²) >= 11 is 12.2. The number of rotatable bonds is 7. The summed E-state index contributed by atoms with van der Waals surface area (Å²) in [5, 5.41) is 1.92. The minimum Gasteiger partial charge on any atom is -0.336 e. The Hall–Kier alpha value is -3.21. The van der Waals surface area contributed by atoms with Crippen molar-refractivity contribution >= 4 is 55.7 Å². The first kappa shape index (κ1) is 27.4. The molecule has 0 spiro atoms. The third-order valence-corrected chi connectivity index (χ3v) is 8.52. The Morgan fingerprint density at radius 1 is 0.949 bits per heavy atom. The summed E-state index contributed by atoms with van der Waals surface area (Å²) < 4.78 is 29.2. The minimum atomic E-state index is -3.95. The standard InChI is InChI=1S/C28H27Cl2N5O3S/c29-23-13-19(14-24(30)16-23)18-34-9-11-35(12-10-34)28(36)21-6-7-25(22(15-21)17-31)33-39(37,38)26-5-1-3-20-4-2-8-32-27(20)26/h1-8,13-16,33H,9-12,17-18,31H2. The minimum absolute atomic E-state index is 0.0583. The van der Waals surface area contributed by atoms with E-state index in [1.165, 1.54) is 6.07 Å². The van der Waals surface area contributed by atoms with Crippen molar-refractivity contribution in [3.05, 3.63) is 99.7 Å². The number of pyridine rings is 1. The number of hydrogen-bond acceptors (Lipinski definition) is 6. The number of amides is 1. The Labute approximate surface area is 237 Å².